The maximum atomic E-state index is 3.65. The molecule has 0 amide bonds. The van der Waals surface area contributed by atoms with Gasteiger partial charge in [0.1, 0.15) is 0 Å². The smallest absolute Gasteiger partial charge is 0.0687 e. The van der Waals surface area contributed by atoms with Gasteiger partial charge in [0.25, 0.3) is 0 Å². The fraction of sp³-hybridized carbons (Fsp3) is 0.538. The zero-order valence-corrected chi connectivity index (χ0v) is 9.42. The van der Waals surface area contributed by atoms with Crippen LogP contribution in [-0.2, 0) is 6.54 Å². The van der Waals surface area contributed by atoms with Gasteiger partial charge in [-0.25, -0.2) is 0 Å². The molecule has 2 nitrogen and oxygen atoms in total. The van der Waals surface area contributed by atoms with Crippen molar-refractivity contribution in [3.05, 3.63) is 35.9 Å². The Morgan fingerprint density at radius 1 is 1.13 bits per heavy atom. The second-order valence-electron chi connectivity index (χ2n) is 4.38. The molecule has 1 aromatic rings. The van der Waals surface area contributed by atoms with Crippen LogP contribution in [0.5, 0.6) is 0 Å². The number of nitrogens with one attached hydrogen (secondary N) is 2. The molecule has 15 heavy (non-hydrogen) atoms. The summed E-state index contributed by atoms with van der Waals surface area (Å²) < 4.78 is 0. The van der Waals surface area contributed by atoms with Gasteiger partial charge < -0.3 is 5.32 Å². The largest absolute Gasteiger partial charge is 0.302 e. The minimum Gasteiger partial charge on any atom is -0.302 e. The summed E-state index contributed by atoms with van der Waals surface area (Å²) in [5.74, 6) is 0. The minimum atomic E-state index is 0.190. The first kappa shape index (κ1) is 10.7. The summed E-state index contributed by atoms with van der Waals surface area (Å²) in [5, 5.41) is 7.09. The van der Waals surface area contributed by atoms with Crippen LogP contribution in [0.15, 0.2) is 30.3 Å². The Morgan fingerprint density at radius 2 is 1.80 bits per heavy atom. The summed E-state index contributed by atoms with van der Waals surface area (Å²) in [4.78, 5) is 0. The number of benzene rings is 1. The van der Waals surface area contributed by atoms with Crippen LogP contribution in [0.4, 0.5) is 0 Å². The monoisotopic (exact) mass is 204 g/mol. The molecule has 2 N–H and O–H groups in total. The molecular formula is C13H20N2. The van der Waals surface area contributed by atoms with Gasteiger partial charge >= 0.3 is 0 Å². The summed E-state index contributed by atoms with van der Waals surface area (Å²) in [5.41, 5.74) is 1.55. The van der Waals surface area contributed by atoms with E-state index in [9.17, 15) is 0 Å². The van der Waals surface area contributed by atoms with Crippen molar-refractivity contribution in [2.75, 3.05) is 7.05 Å². The molecule has 0 aliphatic heterocycles. The zero-order valence-electron chi connectivity index (χ0n) is 9.42. The van der Waals surface area contributed by atoms with Gasteiger partial charge in [-0.2, -0.15) is 0 Å². The standard InChI is InChI=1S/C13H20N2/c1-14-13(9-5-6-10-13)15-11-12-7-3-2-4-8-12/h2-4,7-8,14-15H,5-6,9-11H2,1H3. The lowest BCUT2D eigenvalue weighted by Crippen LogP contribution is -2.52. The average Bonchev–Trinajstić information content (AvgIpc) is 2.77. The summed E-state index contributed by atoms with van der Waals surface area (Å²) in [7, 11) is 2.06. The molecule has 2 rings (SSSR count). The first-order valence-corrected chi connectivity index (χ1v) is 5.82. The van der Waals surface area contributed by atoms with E-state index in [1.54, 1.807) is 0 Å². The van der Waals surface area contributed by atoms with Crippen molar-refractivity contribution >= 4 is 0 Å². The molecule has 0 aromatic heterocycles. The summed E-state index contributed by atoms with van der Waals surface area (Å²) in [6, 6.07) is 10.6. The van der Waals surface area contributed by atoms with E-state index >= 15 is 0 Å². The van der Waals surface area contributed by atoms with E-state index in [0.717, 1.165) is 6.54 Å². The topological polar surface area (TPSA) is 24.1 Å². The van der Waals surface area contributed by atoms with E-state index in [4.69, 9.17) is 0 Å². The molecule has 0 saturated heterocycles. The molecule has 0 spiro atoms. The summed E-state index contributed by atoms with van der Waals surface area (Å²) in [6.45, 7) is 0.960. The molecule has 0 unspecified atom stereocenters. The third-order valence-corrected chi connectivity index (χ3v) is 3.41. The fourth-order valence-electron chi connectivity index (χ4n) is 2.36. The summed E-state index contributed by atoms with van der Waals surface area (Å²) in [6.07, 6.45) is 5.16. The highest BCUT2D eigenvalue weighted by molar-refractivity contribution is 5.14. The van der Waals surface area contributed by atoms with Crippen LogP contribution < -0.4 is 10.6 Å². The maximum Gasteiger partial charge on any atom is 0.0687 e. The van der Waals surface area contributed by atoms with Crippen LogP contribution in [0.25, 0.3) is 0 Å². The highest BCUT2D eigenvalue weighted by Gasteiger charge is 2.30. The highest BCUT2D eigenvalue weighted by Crippen LogP contribution is 2.26. The molecule has 0 heterocycles. The average molecular weight is 204 g/mol. The predicted molar refractivity (Wildman–Crippen MR) is 63.5 cm³/mol. The number of hydrogen-bond acceptors (Lipinski definition) is 2. The third-order valence-electron chi connectivity index (χ3n) is 3.41. The molecule has 0 atom stereocenters. The Morgan fingerprint density at radius 3 is 2.40 bits per heavy atom. The van der Waals surface area contributed by atoms with Crippen LogP contribution in [0, 0.1) is 0 Å². The Hall–Kier alpha value is -0.860. The molecule has 1 fully saturated rings. The van der Waals surface area contributed by atoms with E-state index in [2.05, 4.69) is 48.0 Å². The lowest BCUT2D eigenvalue weighted by molar-refractivity contribution is 0.279. The molecule has 1 aromatic carbocycles. The van der Waals surface area contributed by atoms with Crippen LogP contribution in [0.2, 0.25) is 0 Å². The molecule has 1 saturated carbocycles. The number of rotatable bonds is 4. The van der Waals surface area contributed by atoms with E-state index in [1.807, 2.05) is 0 Å². The SMILES string of the molecule is CNC1(NCc2ccccc2)CCCC1. The Kier molecular flexibility index (Phi) is 3.39. The molecule has 82 valence electrons. The zero-order chi connectivity index (χ0) is 10.6. The van der Waals surface area contributed by atoms with Gasteiger partial charge in [-0.15, -0.1) is 0 Å². The summed E-state index contributed by atoms with van der Waals surface area (Å²) >= 11 is 0. The van der Waals surface area contributed by atoms with Crippen LogP contribution >= 0.6 is 0 Å². The Bertz CT molecular complexity index is 289. The van der Waals surface area contributed by atoms with Gasteiger partial charge in [0.2, 0.25) is 0 Å². The lowest BCUT2D eigenvalue weighted by Gasteiger charge is -2.30. The first-order chi connectivity index (χ1) is 7.35. The van der Waals surface area contributed by atoms with Gasteiger partial charge in [0.15, 0.2) is 0 Å². The number of hydrogen-bond donors (Lipinski definition) is 2. The van der Waals surface area contributed by atoms with Crippen molar-refractivity contribution in [3.8, 4) is 0 Å². The van der Waals surface area contributed by atoms with Gasteiger partial charge in [-0.05, 0) is 25.5 Å². The van der Waals surface area contributed by atoms with Crippen LogP contribution in [-0.4, -0.2) is 12.7 Å². The minimum absolute atomic E-state index is 0.190. The van der Waals surface area contributed by atoms with Gasteiger partial charge in [-0.1, -0.05) is 43.2 Å². The van der Waals surface area contributed by atoms with E-state index in [1.165, 1.54) is 31.2 Å². The second-order valence-corrected chi connectivity index (χ2v) is 4.38. The molecular weight excluding hydrogens is 184 g/mol. The van der Waals surface area contributed by atoms with E-state index < -0.39 is 0 Å². The highest BCUT2D eigenvalue weighted by atomic mass is 15.2. The van der Waals surface area contributed by atoms with Gasteiger partial charge in [0, 0.05) is 6.54 Å². The fourth-order valence-corrected chi connectivity index (χ4v) is 2.36. The molecule has 0 radical (unpaired) electrons. The van der Waals surface area contributed by atoms with Gasteiger partial charge in [-0.3, -0.25) is 5.32 Å². The van der Waals surface area contributed by atoms with E-state index in [-0.39, 0.29) is 5.66 Å². The van der Waals surface area contributed by atoms with Crippen molar-refractivity contribution in [1.29, 1.82) is 0 Å². The Labute approximate surface area is 92.1 Å². The molecule has 2 heteroatoms. The van der Waals surface area contributed by atoms with Crippen molar-refractivity contribution in [3.63, 3.8) is 0 Å². The van der Waals surface area contributed by atoms with Crippen LogP contribution in [0.3, 0.4) is 0 Å². The Balaban J connectivity index is 1.92. The van der Waals surface area contributed by atoms with Crippen molar-refractivity contribution in [1.82, 2.24) is 10.6 Å². The van der Waals surface area contributed by atoms with Gasteiger partial charge in [0.05, 0.1) is 5.66 Å². The van der Waals surface area contributed by atoms with Crippen LogP contribution in [0.1, 0.15) is 31.2 Å². The quantitative estimate of drug-likeness (QED) is 0.735. The molecule has 1 aliphatic carbocycles. The predicted octanol–water partition coefficient (Wildman–Crippen LogP) is 2.27. The third kappa shape index (κ3) is 2.58. The van der Waals surface area contributed by atoms with E-state index in [0.29, 0.717) is 0 Å². The normalized spacial score (nSPS) is 19.3. The maximum absolute atomic E-state index is 3.65. The lowest BCUT2D eigenvalue weighted by atomic mass is 10.1. The molecule has 0 bridgehead atoms. The second kappa shape index (κ2) is 4.77. The van der Waals surface area contributed by atoms with Crippen molar-refractivity contribution in [2.45, 2.75) is 37.9 Å². The van der Waals surface area contributed by atoms with Crippen molar-refractivity contribution in [2.24, 2.45) is 0 Å². The molecule has 1 aliphatic rings. The first-order valence-electron chi connectivity index (χ1n) is 5.82. The van der Waals surface area contributed by atoms with Crippen molar-refractivity contribution < 1.29 is 0 Å².